The molecule has 8 nitrogen and oxygen atoms in total. The topological polar surface area (TPSA) is 99.1 Å². The van der Waals surface area contributed by atoms with Crippen LogP contribution in [0.1, 0.15) is 187 Å². The number of carboxylic acid groups (broad SMARTS) is 1. The molecule has 0 fully saturated rings. The molecule has 0 radical (unpaired) electrons. The van der Waals surface area contributed by atoms with Gasteiger partial charge in [-0.2, -0.15) is 0 Å². The van der Waals surface area contributed by atoms with Gasteiger partial charge in [0.1, 0.15) is 6.61 Å². The van der Waals surface area contributed by atoms with E-state index in [1.807, 2.05) is 21.1 Å². The van der Waals surface area contributed by atoms with Crippen molar-refractivity contribution in [2.45, 2.75) is 199 Å². The summed E-state index contributed by atoms with van der Waals surface area (Å²) in [6.45, 7) is 4.48. The van der Waals surface area contributed by atoms with Crippen LogP contribution in [0.15, 0.2) is 85.1 Å². The van der Waals surface area contributed by atoms with E-state index in [0.29, 0.717) is 19.3 Å². The lowest BCUT2D eigenvalue weighted by Gasteiger charge is -2.31. The third kappa shape index (κ3) is 41.8. The second-order valence-corrected chi connectivity index (χ2v) is 17.4. The van der Waals surface area contributed by atoms with E-state index in [-0.39, 0.29) is 36.2 Å². The highest BCUT2D eigenvalue weighted by atomic mass is 16.6. The summed E-state index contributed by atoms with van der Waals surface area (Å²) >= 11 is 0. The van der Waals surface area contributed by atoms with Crippen LogP contribution in [0.2, 0.25) is 0 Å². The summed E-state index contributed by atoms with van der Waals surface area (Å²) in [7, 11) is 5.52. The van der Waals surface area contributed by atoms with E-state index >= 15 is 0 Å². The van der Waals surface area contributed by atoms with Crippen LogP contribution in [0.3, 0.4) is 0 Å². The molecular formula is C54H92NO7+. The van der Waals surface area contributed by atoms with Gasteiger partial charge in [-0.1, -0.05) is 182 Å². The van der Waals surface area contributed by atoms with Crippen LogP contribution < -0.4 is 0 Å². The first kappa shape index (κ1) is 58.5. The Hall–Kier alpha value is -3.49. The first-order valence-corrected chi connectivity index (χ1v) is 24.7. The molecule has 0 rings (SSSR count). The molecule has 354 valence electrons. The van der Waals surface area contributed by atoms with Crippen molar-refractivity contribution in [1.29, 1.82) is 0 Å². The molecule has 62 heavy (non-hydrogen) atoms. The number of unbranched alkanes of at least 4 members (excludes halogenated alkanes) is 17. The number of rotatable bonds is 43. The average molecular weight is 867 g/mol. The Morgan fingerprint density at radius 1 is 0.500 bits per heavy atom. The number of hydrogen-bond donors (Lipinski definition) is 1. The number of carbonyl (C=O) groups is 3. The summed E-state index contributed by atoms with van der Waals surface area (Å²) in [5.74, 6) is -1.49. The minimum absolute atomic E-state index is 0.0513. The Balaban J connectivity index is 4.27. The predicted octanol–water partition coefficient (Wildman–Crippen LogP) is 14.1. The first-order valence-electron chi connectivity index (χ1n) is 24.7. The zero-order chi connectivity index (χ0) is 45.6. The van der Waals surface area contributed by atoms with Crippen molar-refractivity contribution in [3.63, 3.8) is 0 Å². The van der Waals surface area contributed by atoms with E-state index < -0.39 is 18.1 Å². The van der Waals surface area contributed by atoms with Gasteiger partial charge >= 0.3 is 17.9 Å². The minimum Gasteiger partial charge on any atom is -0.477 e. The lowest BCUT2D eigenvalue weighted by Crippen LogP contribution is -2.50. The van der Waals surface area contributed by atoms with E-state index in [2.05, 4.69) is 98.9 Å². The zero-order valence-corrected chi connectivity index (χ0v) is 40.3. The van der Waals surface area contributed by atoms with Crippen molar-refractivity contribution in [3.05, 3.63) is 85.1 Å². The molecule has 0 aromatic heterocycles. The summed E-state index contributed by atoms with van der Waals surface area (Å²) in [5, 5.41) is 9.65. The molecule has 8 heteroatoms. The third-order valence-electron chi connectivity index (χ3n) is 10.6. The van der Waals surface area contributed by atoms with Crippen LogP contribution in [0.25, 0.3) is 0 Å². The average Bonchev–Trinajstić information content (AvgIpc) is 3.23. The Morgan fingerprint density at radius 2 is 0.935 bits per heavy atom. The van der Waals surface area contributed by atoms with Crippen molar-refractivity contribution in [3.8, 4) is 0 Å². The number of quaternary nitrogens is 1. The van der Waals surface area contributed by atoms with Crippen LogP contribution in [-0.4, -0.2) is 80.6 Å². The van der Waals surface area contributed by atoms with Gasteiger partial charge in [0.15, 0.2) is 12.1 Å². The molecule has 0 heterocycles. The fourth-order valence-corrected chi connectivity index (χ4v) is 6.85. The number of hydrogen-bond acceptors (Lipinski definition) is 6. The van der Waals surface area contributed by atoms with Crippen LogP contribution >= 0.6 is 0 Å². The van der Waals surface area contributed by atoms with Crippen molar-refractivity contribution < 1.29 is 38.2 Å². The minimum atomic E-state index is -0.880. The van der Waals surface area contributed by atoms with Gasteiger partial charge in [-0.3, -0.25) is 9.59 Å². The number of nitrogens with zero attached hydrogens (tertiary/aromatic N) is 1. The molecule has 0 aromatic carbocycles. The molecule has 0 aromatic rings. The molecule has 0 aliphatic carbocycles. The summed E-state index contributed by atoms with van der Waals surface area (Å²) in [5.41, 5.74) is 0. The number of esters is 2. The van der Waals surface area contributed by atoms with E-state index in [9.17, 15) is 19.5 Å². The quantitative estimate of drug-likeness (QED) is 0.0214. The first-order chi connectivity index (χ1) is 30.1. The number of likely N-dealkylation sites (N-methyl/N-ethyl adjacent to an activating group) is 1. The van der Waals surface area contributed by atoms with Crippen molar-refractivity contribution in [2.75, 3.05) is 41.0 Å². The molecule has 0 saturated heterocycles. The number of ether oxygens (including phenoxy) is 3. The summed E-state index contributed by atoms with van der Waals surface area (Å²) in [6, 6.07) is -0.622. The maximum Gasteiger partial charge on any atom is 0.362 e. The lowest BCUT2D eigenvalue weighted by molar-refractivity contribution is -0.887. The highest BCUT2D eigenvalue weighted by Gasteiger charge is 2.31. The predicted molar refractivity (Wildman–Crippen MR) is 261 cm³/mol. The molecule has 0 bridgehead atoms. The van der Waals surface area contributed by atoms with Gasteiger partial charge in [0, 0.05) is 19.3 Å². The summed E-state index contributed by atoms with van der Waals surface area (Å²) in [4.78, 5) is 37.1. The Bertz CT molecular complexity index is 1290. The van der Waals surface area contributed by atoms with Gasteiger partial charge in [-0.05, 0) is 70.6 Å². The second kappa shape index (κ2) is 44.1. The maximum atomic E-state index is 12.8. The third-order valence-corrected chi connectivity index (χ3v) is 10.6. The number of carboxylic acids is 1. The maximum absolute atomic E-state index is 12.8. The fraction of sp³-hybridized carbons (Fsp3) is 0.685. The molecule has 0 spiro atoms. The Morgan fingerprint density at radius 3 is 1.44 bits per heavy atom. The smallest absolute Gasteiger partial charge is 0.362 e. The van der Waals surface area contributed by atoms with E-state index in [1.165, 1.54) is 77.0 Å². The molecule has 2 atom stereocenters. The molecule has 0 aliphatic rings. The van der Waals surface area contributed by atoms with E-state index in [1.54, 1.807) is 0 Å². The van der Waals surface area contributed by atoms with Crippen molar-refractivity contribution in [2.24, 2.45) is 0 Å². The highest BCUT2D eigenvalue weighted by molar-refractivity contribution is 5.72. The second-order valence-electron chi connectivity index (χ2n) is 17.4. The van der Waals surface area contributed by atoms with E-state index in [0.717, 1.165) is 77.0 Å². The lowest BCUT2D eigenvalue weighted by atomic mass is 10.0. The van der Waals surface area contributed by atoms with Crippen LogP contribution in [0, 0.1) is 0 Å². The number of allylic oxidation sites excluding steroid dienone is 14. The monoisotopic (exact) mass is 867 g/mol. The molecule has 0 aliphatic heterocycles. The SMILES string of the molecule is CC/C=C/C=C/C=C/CCCCCCCCCC(=O)OCC(COCCC(C(=O)O)[N+](C)(C)C)OC(=O)CCCCCCCCCCCC/C=C/C/C=C/C/C=C/C/C=C/CC. The largest absolute Gasteiger partial charge is 0.477 e. The van der Waals surface area contributed by atoms with Gasteiger partial charge in [0.2, 0.25) is 0 Å². The van der Waals surface area contributed by atoms with Crippen LogP contribution in [-0.2, 0) is 28.6 Å². The zero-order valence-electron chi connectivity index (χ0n) is 40.3. The van der Waals surface area contributed by atoms with Crippen LogP contribution in [0.4, 0.5) is 0 Å². The summed E-state index contributed by atoms with van der Waals surface area (Å²) in [6.07, 6.45) is 57.7. The van der Waals surface area contributed by atoms with Crippen molar-refractivity contribution >= 4 is 17.9 Å². The molecular weight excluding hydrogens is 775 g/mol. The molecule has 2 unspecified atom stereocenters. The van der Waals surface area contributed by atoms with Crippen LogP contribution in [0.5, 0.6) is 0 Å². The van der Waals surface area contributed by atoms with Gasteiger partial charge in [0.25, 0.3) is 0 Å². The molecule has 0 saturated carbocycles. The summed E-state index contributed by atoms with van der Waals surface area (Å²) < 4.78 is 17.3. The van der Waals surface area contributed by atoms with Gasteiger partial charge in [-0.25, -0.2) is 4.79 Å². The molecule has 1 N–H and O–H groups in total. The standard InChI is InChI=1S/C54H91NO7/c1-6-8-10-12-14-16-18-20-22-23-24-25-26-27-28-29-31-33-35-37-39-41-43-45-53(57)62-50(48-60-47-46-51(54(58)59)55(3,4)5)49-61-52(56)44-42-40-38-36-34-32-30-21-19-17-15-13-11-9-7-2/h8-11,13-17,19-20,22,24-25,50-51H,6-7,12,18,21,23,26-49H2,1-5H3/p+1/b10-8+,11-9+,15-13+,16-14+,19-17+,22-20+,25-24+. The van der Waals surface area contributed by atoms with Gasteiger partial charge in [-0.15, -0.1) is 0 Å². The Labute approximate surface area is 380 Å². The van der Waals surface area contributed by atoms with Gasteiger partial charge in [0.05, 0.1) is 34.4 Å². The normalized spacial score (nSPS) is 13.6. The van der Waals surface area contributed by atoms with E-state index in [4.69, 9.17) is 14.2 Å². The highest BCUT2D eigenvalue weighted by Crippen LogP contribution is 2.15. The van der Waals surface area contributed by atoms with Crippen molar-refractivity contribution in [1.82, 2.24) is 0 Å². The van der Waals surface area contributed by atoms with Gasteiger partial charge < -0.3 is 23.8 Å². The molecule has 0 amide bonds. The Kier molecular flexibility index (Phi) is 41.6. The fourth-order valence-electron chi connectivity index (χ4n) is 6.85. The number of aliphatic carboxylic acids is 1. The number of carbonyl (C=O) groups excluding carboxylic acids is 2.